The van der Waals surface area contributed by atoms with Gasteiger partial charge in [-0.05, 0) is 30.4 Å². The van der Waals surface area contributed by atoms with Crippen LogP contribution in [0.3, 0.4) is 0 Å². The Morgan fingerprint density at radius 1 is 1.36 bits per heavy atom. The Bertz CT molecular complexity index is 657. The van der Waals surface area contributed by atoms with E-state index in [-0.39, 0.29) is 35.0 Å². The summed E-state index contributed by atoms with van der Waals surface area (Å²) in [6.07, 6.45) is 3.85. The molecule has 1 aromatic rings. The van der Waals surface area contributed by atoms with Crippen molar-refractivity contribution >= 4 is 18.2 Å². The number of cyclic esters (lactones) is 1. The minimum atomic E-state index is -1.09. The van der Waals surface area contributed by atoms with Crippen LogP contribution in [0.5, 0.6) is 5.75 Å². The van der Waals surface area contributed by atoms with Gasteiger partial charge in [-0.25, -0.2) is 4.79 Å². The number of phenolic OH excluding ortho intramolecular Hbond substituents is 1. The SMILES string of the molecule is O=Cc1cc2c(O)c(c1C(C(=O)O)C1CCCC1)C(=O)OC2. The highest BCUT2D eigenvalue weighted by atomic mass is 16.5. The van der Waals surface area contributed by atoms with Crippen LogP contribution in [-0.4, -0.2) is 28.4 Å². The van der Waals surface area contributed by atoms with Crippen LogP contribution in [0.4, 0.5) is 0 Å². The Morgan fingerprint density at radius 2 is 2.05 bits per heavy atom. The van der Waals surface area contributed by atoms with Gasteiger partial charge in [0.15, 0.2) is 0 Å². The highest BCUT2D eigenvalue weighted by Crippen LogP contribution is 2.44. The largest absolute Gasteiger partial charge is 0.507 e. The van der Waals surface area contributed by atoms with Crippen molar-refractivity contribution in [3.63, 3.8) is 0 Å². The molecule has 1 heterocycles. The standard InChI is InChI=1S/C16H16O6/c17-6-9-5-10-7-22-16(21)13(14(10)18)11(9)12(15(19)20)8-3-1-2-4-8/h5-6,8,12,18H,1-4,7H2,(H,19,20). The Kier molecular flexibility index (Phi) is 3.60. The van der Waals surface area contributed by atoms with Gasteiger partial charge >= 0.3 is 11.9 Å². The maximum absolute atomic E-state index is 12.0. The molecular formula is C16H16O6. The first kappa shape index (κ1) is 14.6. The number of esters is 1. The van der Waals surface area contributed by atoms with Crippen LogP contribution >= 0.6 is 0 Å². The lowest BCUT2D eigenvalue weighted by Crippen LogP contribution is -2.26. The summed E-state index contributed by atoms with van der Waals surface area (Å²) in [7, 11) is 0. The van der Waals surface area contributed by atoms with Gasteiger partial charge in [-0.15, -0.1) is 0 Å². The molecule has 1 aromatic carbocycles. The molecule has 2 aliphatic rings. The first-order valence-corrected chi connectivity index (χ1v) is 7.28. The molecule has 116 valence electrons. The quantitative estimate of drug-likeness (QED) is 0.653. The van der Waals surface area contributed by atoms with Crippen molar-refractivity contribution in [3.8, 4) is 5.75 Å². The van der Waals surface area contributed by atoms with E-state index in [0.717, 1.165) is 25.7 Å². The lowest BCUT2D eigenvalue weighted by atomic mass is 9.79. The zero-order valence-electron chi connectivity index (χ0n) is 11.9. The molecule has 0 amide bonds. The van der Waals surface area contributed by atoms with Crippen molar-refractivity contribution in [3.05, 3.63) is 28.3 Å². The third kappa shape index (κ3) is 2.15. The molecule has 1 fully saturated rings. The highest BCUT2D eigenvalue weighted by Gasteiger charge is 2.39. The van der Waals surface area contributed by atoms with Crippen molar-refractivity contribution in [1.82, 2.24) is 0 Å². The minimum Gasteiger partial charge on any atom is -0.507 e. The molecule has 0 radical (unpaired) electrons. The summed E-state index contributed by atoms with van der Waals surface area (Å²) in [6.45, 7) is -0.111. The number of rotatable bonds is 4. The molecule has 1 atom stereocenters. The smallest absolute Gasteiger partial charge is 0.342 e. The second kappa shape index (κ2) is 5.44. The number of aromatic hydroxyl groups is 1. The molecule has 6 nitrogen and oxygen atoms in total. The van der Waals surface area contributed by atoms with Gasteiger partial charge in [-0.2, -0.15) is 0 Å². The second-order valence-corrected chi connectivity index (χ2v) is 5.82. The van der Waals surface area contributed by atoms with E-state index in [1.807, 2.05) is 0 Å². The summed E-state index contributed by atoms with van der Waals surface area (Å²) in [6, 6.07) is 1.42. The molecular weight excluding hydrogens is 288 g/mol. The van der Waals surface area contributed by atoms with E-state index in [1.165, 1.54) is 6.07 Å². The normalized spacial score (nSPS) is 18.8. The fourth-order valence-electron chi connectivity index (χ4n) is 3.58. The topological polar surface area (TPSA) is 101 Å². The number of carbonyl (C=O) groups excluding carboxylic acids is 2. The summed E-state index contributed by atoms with van der Waals surface area (Å²) in [5, 5.41) is 19.8. The van der Waals surface area contributed by atoms with Gasteiger partial charge in [0.2, 0.25) is 0 Å². The molecule has 0 spiro atoms. The maximum Gasteiger partial charge on any atom is 0.342 e. The molecule has 0 saturated heterocycles. The fraction of sp³-hybridized carbons (Fsp3) is 0.438. The summed E-state index contributed by atoms with van der Waals surface area (Å²) in [5.41, 5.74) is 0.417. The third-order valence-corrected chi connectivity index (χ3v) is 4.59. The summed E-state index contributed by atoms with van der Waals surface area (Å²) in [4.78, 5) is 35.2. The van der Waals surface area contributed by atoms with E-state index in [4.69, 9.17) is 4.74 Å². The predicted octanol–water partition coefficient (Wildman–Crippen LogP) is 2.23. The van der Waals surface area contributed by atoms with Gasteiger partial charge in [0, 0.05) is 11.1 Å². The number of aldehydes is 1. The zero-order valence-corrected chi connectivity index (χ0v) is 11.9. The Morgan fingerprint density at radius 3 is 2.64 bits per heavy atom. The molecule has 1 unspecified atom stereocenters. The molecule has 22 heavy (non-hydrogen) atoms. The number of carboxylic acids is 1. The van der Waals surface area contributed by atoms with Crippen LogP contribution in [0.25, 0.3) is 0 Å². The molecule has 1 aliphatic carbocycles. The Hall–Kier alpha value is -2.37. The van der Waals surface area contributed by atoms with Crippen molar-refractivity contribution in [2.45, 2.75) is 38.2 Å². The van der Waals surface area contributed by atoms with Crippen molar-refractivity contribution in [2.24, 2.45) is 5.92 Å². The minimum absolute atomic E-state index is 0.0975. The van der Waals surface area contributed by atoms with E-state index in [2.05, 4.69) is 0 Å². The van der Waals surface area contributed by atoms with Crippen molar-refractivity contribution in [2.75, 3.05) is 0 Å². The summed E-state index contributed by atoms with van der Waals surface area (Å²) >= 11 is 0. The van der Waals surface area contributed by atoms with Gasteiger partial charge < -0.3 is 14.9 Å². The number of hydrogen-bond donors (Lipinski definition) is 2. The Balaban J connectivity index is 2.23. The van der Waals surface area contributed by atoms with E-state index in [9.17, 15) is 24.6 Å². The van der Waals surface area contributed by atoms with Gasteiger partial charge in [0.25, 0.3) is 0 Å². The zero-order chi connectivity index (χ0) is 15.9. The average Bonchev–Trinajstić information content (AvgIpc) is 2.98. The van der Waals surface area contributed by atoms with Crippen LogP contribution < -0.4 is 0 Å². The average molecular weight is 304 g/mol. The molecule has 1 aliphatic heterocycles. The summed E-state index contributed by atoms with van der Waals surface area (Å²) < 4.78 is 4.96. The van der Waals surface area contributed by atoms with Gasteiger partial charge in [-0.3, -0.25) is 9.59 Å². The van der Waals surface area contributed by atoms with Crippen LogP contribution in [0.1, 0.15) is 63.4 Å². The number of aliphatic carboxylic acids is 1. The lowest BCUT2D eigenvalue weighted by Gasteiger charge is -2.27. The monoisotopic (exact) mass is 304 g/mol. The van der Waals surface area contributed by atoms with E-state index in [1.54, 1.807) is 0 Å². The predicted molar refractivity (Wildman–Crippen MR) is 74.9 cm³/mol. The fourth-order valence-corrected chi connectivity index (χ4v) is 3.58. The van der Waals surface area contributed by atoms with Crippen LogP contribution in [-0.2, 0) is 16.1 Å². The van der Waals surface area contributed by atoms with Crippen LogP contribution in [0, 0.1) is 5.92 Å². The number of ether oxygens (including phenoxy) is 1. The number of benzene rings is 1. The second-order valence-electron chi connectivity index (χ2n) is 5.82. The molecule has 2 N–H and O–H groups in total. The van der Waals surface area contributed by atoms with E-state index >= 15 is 0 Å². The van der Waals surface area contributed by atoms with Crippen molar-refractivity contribution < 1.29 is 29.3 Å². The first-order chi connectivity index (χ1) is 10.5. The molecule has 2 bridgehead atoms. The summed E-state index contributed by atoms with van der Waals surface area (Å²) in [5.74, 6) is -3.25. The van der Waals surface area contributed by atoms with E-state index in [0.29, 0.717) is 11.8 Å². The molecule has 1 saturated carbocycles. The number of fused-ring (bicyclic) bond motifs is 2. The molecule has 0 aromatic heterocycles. The first-order valence-electron chi connectivity index (χ1n) is 7.28. The van der Waals surface area contributed by atoms with E-state index < -0.39 is 17.9 Å². The Labute approximate surface area is 126 Å². The van der Waals surface area contributed by atoms with Crippen LogP contribution in [0.15, 0.2) is 6.07 Å². The van der Waals surface area contributed by atoms with Gasteiger partial charge in [0.05, 0.1) is 5.92 Å². The number of carboxylic acid groups (broad SMARTS) is 1. The van der Waals surface area contributed by atoms with Crippen LogP contribution in [0.2, 0.25) is 0 Å². The van der Waals surface area contributed by atoms with Gasteiger partial charge in [-0.1, -0.05) is 12.8 Å². The lowest BCUT2D eigenvalue weighted by molar-refractivity contribution is -0.140. The maximum atomic E-state index is 12.0. The van der Waals surface area contributed by atoms with Gasteiger partial charge in [0.1, 0.15) is 24.2 Å². The number of carbonyl (C=O) groups is 3. The molecule has 6 heteroatoms. The number of phenols is 1. The molecule has 3 rings (SSSR count). The third-order valence-electron chi connectivity index (χ3n) is 4.59. The highest BCUT2D eigenvalue weighted by molar-refractivity contribution is 6.01. The number of hydrogen-bond acceptors (Lipinski definition) is 5. The van der Waals surface area contributed by atoms with Crippen molar-refractivity contribution in [1.29, 1.82) is 0 Å².